The summed E-state index contributed by atoms with van der Waals surface area (Å²) in [5.74, 6) is -0.761. The zero-order chi connectivity index (χ0) is 19.8. The predicted octanol–water partition coefficient (Wildman–Crippen LogP) is 3.60. The van der Waals surface area contributed by atoms with Gasteiger partial charge in [-0.05, 0) is 35.9 Å². The molecule has 1 unspecified atom stereocenters. The molecule has 1 aliphatic heterocycles. The number of aromatic nitrogens is 1. The van der Waals surface area contributed by atoms with Crippen LogP contribution in [0.1, 0.15) is 17.9 Å². The summed E-state index contributed by atoms with van der Waals surface area (Å²) >= 11 is 5.75. The lowest BCUT2D eigenvalue weighted by molar-refractivity contribution is -0.126. The van der Waals surface area contributed by atoms with Crippen LogP contribution >= 0.6 is 11.6 Å². The summed E-state index contributed by atoms with van der Waals surface area (Å²) in [7, 11) is 0. The van der Waals surface area contributed by atoms with Crippen LogP contribution < -0.4 is 10.2 Å². The molecule has 6 nitrogen and oxygen atoms in total. The Labute approximate surface area is 165 Å². The van der Waals surface area contributed by atoms with Crippen LogP contribution in [0.4, 0.5) is 10.1 Å². The third-order valence-corrected chi connectivity index (χ3v) is 5.03. The lowest BCUT2D eigenvalue weighted by Crippen LogP contribution is -2.32. The topological polar surface area (TPSA) is 75.4 Å². The van der Waals surface area contributed by atoms with E-state index in [1.165, 1.54) is 12.1 Å². The van der Waals surface area contributed by atoms with E-state index in [-0.39, 0.29) is 36.3 Å². The molecule has 2 aromatic carbocycles. The molecule has 0 spiro atoms. The van der Waals surface area contributed by atoms with E-state index in [4.69, 9.17) is 16.0 Å². The molecule has 1 fully saturated rings. The second kappa shape index (κ2) is 7.24. The number of hydrogen-bond acceptors (Lipinski definition) is 4. The van der Waals surface area contributed by atoms with Gasteiger partial charge in [-0.15, -0.1) is 0 Å². The lowest BCUT2D eigenvalue weighted by atomic mass is 10.1. The van der Waals surface area contributed by atoms with Crippen molar-refractivity contribution in [1.82, 2.24) is 10.3 Å². The highest BCUT2D eigenvalue weighted by Gasteiger charge is 2.35. The van der Waals surface area contributed by atoms with Crippen LogP contribution in [-0.4, -0.2) is 23.3 Å². The smallest absolute Gasteiger partial charge is 0.227 e. The molecule has 2 amide bonds. The Bertz CT molecular complexity index is 1080. The fourth-order valence-corrected chi connectivity index (χ4v) is 3.52. The number of carbonyl (C=O) groups excluding carboxylic acids is 2. The van der Waals surface area contributed by atoms with Crippen molar-refractivity contribution in [3.05, 3.63) is 58.7 Å². The van der Waals surface area contributed by atoms with Gasteiger partial charge in [0.15, 0.2) is 11.5 Å². The number of anilines is 1. The number of nitrogens with zero attached hydrogens (tertiary/aromatic N) is 2. The molecule has 2 heterocycles. The van der Waals surface area contributed by atoms with E-state index in [0.29, 0.717) is 28.2 Å². The van der Waals surface area contributed by atoms with E-state index in [0.717, 1.165) is 0 Å². The van der Waals surface area contributed by atoms with E-state index in [1.807, 2.05) is 0 Å². The first-order chi connectivity index (χ1) is 13.4. The van der Waals surface area contributed by atoms with E-state index in [1.54, 1.807) is 36.1 Å². The number of rotatable bonds is 4. The molecule has 1 atom stereocenters. The lowest BCUT2D eigenvalue weighted by Gasteiger charge is -2.16. The largest absolute Gasteiger partial charge is 0.441 e. The SMILES string of the molecule is Cc1nc2cc(N3CC(C(=O)NCc4ccc(F)c(Cl)c4)CC3=O)ccc2o1. The maximum absolute atomic E-state index is 13.2. The molecule has 1 N–H and O–H groups in total. The summed E-state index contributed by atoms with van der Waals surface area (Å²) in [5, 5.41) is 2.79. The van der Waals surface area contributed by atoms with E-state index in [2.05, 4.69) is 10.3 Å². The molecular formula is C20H17ClFN3O3. The fraction of sp³-hybridized carbons (Fsp3) is 0.250. The van der Waals surface area contributed by atoms with Gasteiger partial charge in [-0.2, -0.15) is 0 Å². The van der Waals surface area contributed by atoms with Gasteiger partial charge < -0.3 is 14.6 Å². The van der Waals surface area contributed by atoms with Crippen molar-refractivity contribution in [3.8, 4) is 0 Å². The van der Waals surface area contributed by atoms with E-state index in [9.17, 15) is 14.0 Å². The van der Waals surface area contributed by atoms with Crippen molar-refractivity contribution in [2.45, 2.75) is 19.9 Å². The summed E-state index contributed by atoms with van der Waals surface area (Å²) in [6, 6.07) is 9.62. The predicted molar refractivity (Wildman–Crippen MR) is 102 cm³/mol. The normalized spacial score (nSPS) is 16.8. The number of amides is 2. The number of carbonyl (C=O) groups is 2. The molecule has 1 aromatic heterocycles. The highest BCUT2D eigenvalue weighted by atomic mass is 35.5. The van der Waals surface area contributed by atoms with E-state index < -0.39 is 11.7 Å². The summed E-state index contributed by atoms with van der Waals surface area (Å²) < 4.78 is 18.7. The van der Waals surface area contributed by atoms with Crippen molar-refractivity contribution in [1.29, 1.82) is 0 Å². The van der Waals surface area contributed by atoms with Gasteiger partial charge >= 0.3 is 0 Å². The Kier molecular flexibility index (Phi) is 4.77. The van der Waals surface area contributed by atoms with Crippen molar-refractivity contribution in [2.75, 3.05) is 11.4 Å². The third kappa shape index (κ3) is 3.57. The average molecular weight is 402 g/mol. The number of aryl methyl sites for hydroxylation is 1. The number of benzene rings is 2. The molecule has 0 aliphatic carbocycles. The minimum atomic E-state index is -0.506. The molecule has 1 aliphatic rings. The van der Waals surface area contributed by atoms with Crippen molar-refractivity contribution in [3.63, 3.8) is 0 Å². The first kappa shape index (κ1) is 18.4. The summed E-state index contributed by atoms with van der Waals surface area (Å²) in [6.45, 7) is 2.26. The van der Waals surface area contributed by atoms with Gasteiger partial charge in [-0.3, -0.25) is 9.59 Å². The Morgan fingerprint density at radius 1 is 1.36 bits per heavy atom. The molecule has 144 valence electrons. The van der Waals surface area contributed by atoms with Gasteiger partial charge in [-0.1, -0.05) is 17.7 Å². The molecule has 28 heavy (non-hydrogen) atoms. The Morgan fingerprint density at radius 2 is 2.18 bits per heavy atom. The molecular weight excluding hydrogens is 385 g/mol. The quantitative estimate of drug-likeness (QED) is 0.724. The average Bonchev–Trinajstić information content (AvgIpc) is 3.23. The number of hydrogen-bond donors (Lipinski definition) is 1. The Morgan fingerprint density at radius 3 is 2.96 bits per heavy atom. The number of oxazole rings is 1. The standard InChI is InChI=1S/C20H17ClFN3O3/c1-11-24-17-8-14(3-5-18(17)28-11)25-10-13(7-19(25)26)20(27)23-9-12-2-4-16(22)15(21)6-12/h2-6,8,13H,7,9-10H2,1H3,(H,23,27). The van der Waals surface area contributed by atoms with Crippen LogP contribution in [0.2, 0.25) is 5.02 Å². The van der Waals surface area contributed by atoms with Crippen LogP contribution in [0.3, 0.4) is 0 Å². The van der Waals surface area contributed by atoms with Crippen LogP contribution in [0.25, 0.3) is 11.1 Å². The Balaban J connectivity index is 1.42. The number of nitrogens with one attached hydrogen (secondary N) is 1. The molecule has 8 heteroatoms. The van der Waals surface area contributed by atoms with E-state index >= 15 is 0 Å². The highest BCUT2D eigenvalue weighted by molar-refractivity contribution is 6.30. The number of halogens is 2. The third-order valence-electron chi connectivity index (χ3n) is 4.74. The minimum Gasteiger partial charge on any atom is -0.441 e. The summed E-state index contributed by atoms with van der Waals surface area (Å²) in [4.78, 5) is 30.8. The number of fused-ring (bicyclic) bond motifs is 1. The van der Waals surface area contributed by atoms with Gasteiger partial charge in [-0.25, -0.2) is 9.37 Å². The zero-order valence-corrected chi connectivity index (χ0v) is 15.8. The van der Waals surface area contributed by atoms with Crippen molar-refractivity contribution < 1.29 is 18.4 Å². The molecule has 4 rings (SSSR count). The monoisotopic (exact) mass is 401 g/mol. The van der Waals surface area contributed by atoms with Crippen LogP contribution in [-0.2, 0) is 16.1 Å². The fourth-order valence-electron chi connectivity index (χ4n) is 3.31. The second-order valence-electron chi connectivity index (χ2n) is 6.76. The minimum absolute atomic E-state index is 0.00690. The van der Waals surface area contributed by atoms with Crippen LogP contribution in [0.15, 0.2) is 40.8 Å². The first-order valence-corrected chi connectivity index (χ1v) is 9.17. The highest BCUT2D eigenvalue weighted by Crippen LogP contribution is 2.28. The first-order valence-electron chi connectivity index (χ1n) is 8.80. The molecule has 0 bridgehead atoms. The van der Waals surface area contributed by atoms with Crippen molar-refractivity contribution >= 4 is 40.2 Å². The molecule has 0 radical (unpaired) electrons. The maximum Gasteiger partial charge on any atom is 0.227 e. The van der Waals surface area contributed by atoms with Crippen molar-refractivity contribution in [2.24, 2.45) is 5.92 Å². The van der Waals surface area contributed by atoms with Gasteiger partial charge in [0.2, 0.25) is 11.8 Å². The van der Waals surface area contributed by atoms with Gasteiger partial charge in [0.05, 0.1) is 10.9 Å². The maximum atomic E-state index is 13.2. The summed E-state index contributed by atoms with van der Waals surface area (Å²) in [6.07, 6.45) is 0.131. The second-order valence-corrected chi connectivity index (χ2v) is 7.16. The molecule has 3 aromatic rings. The summed E-state index contributed by atoms with van der Waals surface area (Å²) in [5.41, 5.74) is 2.70. The van der Waals surface area contributed by atoms with Crippen LogP contribution in [0, 0.1) is 18.7 Å². The zero-order valence-electron chi connectivity index (χ0n) is 15.0. The molecule has 0 saturated carbocycles. The van der Waals surface area contributed by atoms with Gasteiger partial charge in [0, 0.05) is 32.1 Å². The van der Waals surface area contributed by atoms with Gasteiger partial charge in [0.25, 0.3) is 0 Å². The Hall–Kier alpha value is -2.93. The van der Waals surface area contributed by atoms with Crippen LogP contribution in [0.5, 0.6) is 0 Å². The molecule has 1 saturated heterocycles. The van der Waals surface area contributed by atoms with Gasteiger partial charge in [0.1, 0.15) is 11.3 Å².